The van der Waals surface area contributed by atoms with Gasteiger partial charge in [0.25, 0.3) is 0 Å². The van der Waals surface area contributed by atoms with Crippen molar-refractivity contribution in [2.24, 2.45) is 0 Å². The van der Waals surface area contributed by atoms with E-state index in [0.29, 0.717) is 6.54 Å². The smallest absolute Gasteiger partial charge is 0.375 e. The highest BCUT2D eigenvalue weighted by molar-refractivity contribution is 5.26. The van der Waals surface area contributed by atoms with E-state index in [1.165, 1.54) is 19.2 Å². The minimum absolute atomic E-state index is 0.229. The molecular formula is C11H14F3NO. The van der Waals surface area contributed by atoms with Crippen molar-refractivity contribution >= 4 is 0 Å². The Bertz CT molecular complexity index is 321. The molecule has 0 unspecified atom stereocenters. The van der Waals surface area contributed by atoms with Crippen molar-refractivity contribution in [3.63, 3.8) is 0 Å². The van der Waals surface area contributed by atoms with Gasteiger partial charge < -0.3 is 10.1 Å². The summed E-state index contributed by atoms with van der Waals surface area (Å²) in [6.07, 6.45) is -4.52. The standard InChI is InChI=1S/C11H14F3NO/c1-15-7-10(16-2)8-3-5-9(6-4-8)11(12,13)14/h3-6,10,15H,7H2,1-2H3/t10-/m1/s1. The SMILES string of the molecule is CNC[C@@H](OC)c1ccc(C(F)(F)F)cc1. The maximum Gasteiger partial charge on any atom is 0.416 e. The molecular weight excluding hydrogens is 219 g/mol. The molecule has 1 aromatic carbocycles. The van der Waals surface area contributed by atoms with Crippen molar-refractivity contribution in [1.82, 2.24) is 5.32 Å². The summed E-state index contributed by atoms with van der Waals surface area (Å²) in [6, 6.07) is 5.01. The van der Waals surface area contributed by atoms with Gasteiger partial charge in [0.05, 0.1) is 11.7 Å². The lowest BCUT2D eigenvalue weighted by Gasteiger charge is -2.16. The predicted molar refractivity (Wildman–Crippen MR) is 55.1 cm³/mol. The first-order chi connectivity index (χ1) is 7.49. The fourth-order valence-corrected chi connectivity index (χ4v) is 1.41. The Balaban J connectivity index is 2.85. The van der Waals surface area contributed by atoms with Gasteiger partial charge in [0.2, 0.25) is 0 Å². The lowest BCUT2D eigenvalue weighted by atomic mass is 10.1. The Morgan fingerprint density at radius 2 is 1.81 bits per heavy atom. The van der Waals surface area contributed by atoms with Gasteiger partial charge in [-0.05, 0) is 24.7 Å². The van der Waals surface area contributed by atoms with Crippen molar-refractivity contribution in [3.8, 4) is 0 Å². The molecule has 0 bridgehead atoms. The second kappa shape index (κ2) is 5.32. The van der Waals surface area contributed by atoms with Crippen molar-refractivity contribution in [3.05, 3.63) is 35.4 Å². The molecule has 0 aliphatic rings. The Hall–Kier alpha value is -1.07. The molecule has 1 atom stereocenters. The summed E-state index contributed by atoms with van der Waals surface area (Å²) in [5.74, 6) is 0. The summed E-state index contributed by atoms with van der Waals surface area (Å²) in [5, 5.41) is 2.91. The number of nitrogens with one attached hydrogen (secondary N) is 1. The van der Waals surface area contributed by atoms with E-state index in [1.807, 2.05) is 0 Å². The Kier molecular flexibility index (Phi) is 4.32. The molecule has 0 amide bonds. The van der Waals surface area contributed by atoms with Crippen LogP contribution in [-0.2, 0) is 10.9 Å². The summed E-state index contributed by atoms with van der Waals surface area (Å²) >= 11 is 0. The molecule has 0 saturated heterocycles. The van der Waals surface area contributed by atoms with E-state index in [0.717, 1.165) is 17.7 Å². The Labute approximate surface area is 92.4 Å². The monoisotopic (exact) mass is 233 g/mol. The number of likely N-dealkylation sites (N-methyl/N-ethyl adjacent to an activating group) is 1. The highest BCUT2D eigenvalue weighted by Gasteiger charge is 2.30. The highest BCUT2D eigenvalue weighted by Crippen LogP contribution is 2.30. The van der Waals surface area contributed by atoms with Crippen molar-refractivity contribution in [2.45, 2.75) is 12.3 Å². The fourth-order valence-electron chi connectivity index (χ4n) is 1.41. The average Bonchev–Trinajstić information content (AvgIpc) is 2.25. The van der Waals surface area contributed by atoms with Gasteiger partial charge in [0, 0.05) is 13.7 Å². The molecule has 1 N–H and O–H groups in total. The first-order valence-electron chi connectivity index (χ1n) is 4.83. The zero-order valence-electron chi connectivity index (χ0n) is 9.14. The van der Waals surface area contributed by atoms with Crippen molar-refractivity contribution in [2.75, 3.05) is 20.7 Å². The average molecular weight is 233 g/mol. The van der Waals surface area contributed by atoms with E-state index in [-0.39, 0.29) is 6.10 Å². The molecule has 16 heavy (non-hydrogen) atoms. The van der Waals surface area contributed by atoms with E-state index in [9.17, 15) is 13.2 Å². The molecule has 0 saturated carbocycles. The van der Waals surface area contributed by atoms with Crippen LogP contribution < -0.4 is 5.32 Å². The number of methoxy groups -OCH3 is 1. The number of hydrogen-bond donors (Lipinski definition) is 1. The summed E-state index contributed by atoms with van der Waals surface area (Å²) < 4.78 is 42.1. The Morgan fingerprint density at radius 3 is 2.19 bits per heavy atom. The van der Waals surface area contributed by atoms with Gasteiger partial charge in [-0.1, -0.05) is 12.1 Å². The molecule has 0 aliphatic heterocycles. The van der Waals surface area contributed by atoms with Crippen LogP contribution in [0.2, 0.25) is 0 Å². The van der Waals surface area contributed by atoms with Gasteiger partial charge in [-0.25, -0.2) is 0 Å². The lowest BCUT2D eigenvalue weighted by Crippen LogP contribution is -2.18. The second-order valence-electron chi connectivity index (χ2n) is 3.40. The van der Waals surface area contributed by atoms with Gasteiger partial charge in [-0.15, -0.1) is 0 Å². The topological polar surface area (TPSA) is 21.3 Å². The molecule has 0 spiro atoms. The van der Waals surface area contributed by atoms with Crippen molar-refractivity contribution in [1.29, 1.82) is 0 Å². The van der Waals surface area contributed by atoms with E-state index in [2.05, 4.69) is 5.32 Å². The lowest BCUT2D eigenvalue weighted by molar-refractivity contribution is -0.137. The Morgan fingerprint density at radius 1 is 1.25 bits per heavy atom. The minimum atomic E-state index is -4.29. The van der Waals surface area contributed by atoms with Gasteiger partial charge >= 0.3 is 6.18 Å². The molecule has 0 radical (unpaired) electrons. The quantitative estimate of drug-likeness (QED) is 0.863. The summed E-state index contributed by atoms with van der Waals surface area (Å²) in [5.41, 5.74) is 0.0837. The zero-order valence-corrected chi connectivity index (χ0v) is 9.14. The maximum absolute atomic E-state index is 12.3. The number of benzene rings is 1. The molecule has 1 aromatic rings. The van der Waals surface area contributed by atoms with E-state index >= 15 is 0 Å². The molecule has 0 aromatic heterocycles. The van der Waals surface area contributed by atoms with Crippen LogP contribution >= 0.6 is 0 Å². The zero-order chi connectivity index (χ0) is 12.2. The predicted octanol–water partition coefficient (Wildman–Crippen LogP) is 2.61. The molecule has 90 valence electrons. The molecule has 5 heteroatoms. The van der Waals surface area contributed by atoms with Gasteiger partial charge in [0.1, 0.15) is 0 Å². The summed E-state index contributed by atoms with van der Waals surface area (Å²) in [7, 11) is 3.29. The fraction of sp³-hybridized carbons (Fsp3) is 0.455. The van der Waals surface area contributed by atoms with E-state index in [1.54, 1.807) is 7.05 Å². The van der Waals surface area contributed by atoms with Crippen LogP contribution in [0.25, 0.3) is 0 Å². The largest absolute Gasteiger partial charge is 0.416 e. The number of rotatable bonds is 4. The van der Waals surface area contributed by atoms with Crippen LogP contribution in [0.5, 0.6) is 0 Å². The third-order valence-corrected chi connectivity index (χ3v) is 2.28. The first-order valence-corrected chi connectivity index (χ1v) is 4.83. The highest BCUT2D eigenvalue weighted by atomic mass is 19.4. The first kappa shape index (κ1) is 13.0. The second-order valence-corrected chi connectivity index (χ2v) is 3.40. The van der Waals surface area contributed by atoms with Gasteiger partial charge in [0.15, 0.2) is 0 Å². The molecule has 0 fully saturated rings. The van der Waals surface area contributed by atoms with Crippen molar-refractivity contribution < 1.29 is 17.9 Å². The summed E-state index contributed by atoms with van der Waals surface area (Å²) in [4.78, 5) is 0. The van der Waals surface area contributed by atoms with E-state index < -0.39 is 11.7 Å². The normalized spacial score (nSPS) is 13.8. The van der Waals surface area contributed by atoms with Crippen LogP contribution in [0, 0.1) is 0 Å². The van der Waals surface area contributed by atoms with Crippen LogP contribution in [0.15, 0.2) is 24.3 Å². The maximum atomic E-state index is 12.3. The van der Waals surface area contributed by atoms with Crippen LogP contribution in [0.4, 0.5) is 13.2 Å². The van der Waals surface area contributed by atoms with Crippen LogP contribution in [0.1, 0.15) is 17.2 Å². The number of hydrogen-bond acceptors (Lipinski definition) is 2. The number of halogens is 3. The van der Waals surface area contributed by atoms with Crippen LogP contribution in [-0.4, -0.2) is 20.7 Å². The third-order valence-electron chi connectivity index (χ3n) is 2.28. The summed E-state index contributed by atoms with van der Waals surface area (Å²) in [6.45, 7) is 0.557. The van der Waals surface area contributed by atoms with Crippen LogP contribution in [0.3, 0.4) is 0 Å². The minimum Gasteiger partial charge on any atom is -0.375 e. The number of alkyl halides is 3. The molecule has 2 nitrogen and oxygen atoms in total. The van der Waals surface area contributed by atoms with Gasteiger partial charge in [-0.3, -0.25) is 0 Å². The molecule has 0 heterocycles. The molecule has 0 aliphatic carbocycles. The molecule has 1 rings (SSSR count). The number of ether oxygens (including phenoxy) is 1. The third kappa shape index (κ3) is 3.21. The van der Waals surface area contributed by atoms with E-state index in [4.69, 9.17) is 4.74 Å². The van der Waals surface area contributed by atoms with Gasteiger partial charge in [-0.2, -0.15) is 13.2 Å².